The summed E-state index contributed by atoms with van der Waals surface area (Å²) in [5.41, 5.74) is 30.5. The van der Waals surface area contributed by atoms with E-state index in [0.717, 1.165) is 0 Å². The Morgan fingerprint density at radius 2 is 0.852 bits per heavy atom. The summed E-state index contributed by atoms with van der Waals surface area (Å²) < 4.78 is 0. The quantitative estimate of drug-likeness (QED) is 0.0167. The molecule has 0 aliphatic rings. The molecule has 14 unspecified atom stereocenters. The van der Waals surface area contributed by atoms with Crippen molar-refractivity contribution in [1.29, 1.82) is 0 Å². The topological polar surface area (TPSA) is 567 Å². The van der Waals surface area contributed by atoms with Crippen LogP contribution in [0.15, 0.2) is 96.0 Å². The Kier molecular flexibility index (Phi) is 46.5. The van der Waals surface area contributed by atoms with E-state index >= 15 is 0 Å². The fourth-order valence-corrected chi connectivity index (χ4v) is 13.6. The SMILES string of the molecule is CCC(C)C(CC(=O)C(CO)NC(=O)C(CCCCN)CC(=O)C(CCCN=C(N)N)NC(=O)C(CC(=O)C(Cc1ccccc1)NC(=O)CON)Cc1ccccc1)C(=O)NC(C(=O)CC(CC(N)=O)C(=O)NC(Cc1ccccc1)C(=O)CC(CCC(=O)O)C(=O)NC(CCCCN)C(=O)CC(CC(C)C)C(=O)O)C(C)CC. The molecule has 0 aliphatic carbocycles. The number of carbonyl (C=O) groups is 15. The molecule has 32 heteroatoms. The van der Waals surface area contributed by atoms with E-state index in [1.54, 1.807) is 133 Å². The van der Waals surface area contributed by atoms with Crippen LogP contribution in [0.25, 0.3) is 0 Å². The third-order valence-electron chi connectivity index (χ3n) is 20.7. The molecular weight excluding hydrogens is 1480 g/mol. The largest absolute Gasteiger partial charge is 0.481 e. The van der Waals surface area contributed by atoms with Crippen molar-refractivity contribution in [2.24, 2.45) is 92.8 Å². The number of guanidine groups is 1. The Hall–Kier alpha value is -10.0. The number of aliphatic carboxylic acids is 2. The number of hydrogen-bond donors (Lipinski definition) is 15. The van der Waals surface area contributed by atoms with E-state index in [2.05, 4.69) is 41.7 Å². The van der Waals surface area contributed by atoms with Gasteiger partial charge in [0.05, 0.1) is 48.7 Å². The highest BCUT2D eigenvalue weighted by Gasteiger charge is 2.40. The number of aliphatic imine (C=N–C) groups is 1. The molecule has 3 aromatic carbocycles. The number of nitrogens with one attached hydrogen (secondary N) is 6. The Balaban J connectivity index is 1.98. The number of carbonyl (C=O) groups excluding carboxylic acids is 13. The van der Waals surface area contributed by atoms with E-state index in [1.165, 1.54) is 0 Å². The highest BCUT2D eigenvalue weighted by molar-refractivity contribution is 6.00. The zero-order valence-corrected chi connectivity index (χ0v) is 67.4. The third kappa shape index (κ3) is 37.9. The first kappa shape index (κ1) is 99.2. The highest BCUT2D eigenvalue weighted by Crippen LogP contribution is 2.27. The van der Waals surface area contributed by atoms with Crippen molar-refractivity contribution < 1.29 is 92.1 Å². The molecule has 0 bridgehead atoms. The van der Waals surface area contributed by atoms with Gasteiger partial charge in [-0.15, -0.1) is 0 Å². The molecule has 7 amide bonds. The lowest BCUT2D eigenvalue weighted by atomic mass is 9.83. The lowest BCUT2D eigenvalue weighted by molar-refractivity contribution is -0.144. The van der Waals surface area contributed by atoms with Crippen LogP contribution < -0.4 is 66.5 Å². The number of benzene rings is 3. The smallest absolute Gasteiger partial charge is 0.306 e. The van der Waals surface area contributed by atoms with Crippen molar-refractivity contribution in [2.75, 3.05) is 32.8 Å². The van der Waals surface area contributed by atoms with Crippen LogP contribution in [-0.4, -0.2) is 178 Å². The van der Waals surface area contributed by atoms with E-state index in [-0.39, 0.29) is 89.3 Å². The minimum absolute atomic E-state index is 0.0211. The molecule has 0 fully saturated rings. The number of nitrogens with zero attached hydrogens (tertiary/aromatic N) is 1. The van der Waals surface area contributed by atoms with Crippen LogP contribution in [0.3, 0.4) is 0 Å². The van der Waals surface area contributed by atoms with Crippen LogP contribution in [0.5, 0.6) is 0 Å². The first-order valence-electron chi connectivity index (χ1n) is 39.9. The number of carboxylic acids is 2. The van der Waals surface area contributed by atoms with Crippen molar-refractivity contribution in [3.63, 3.8) is 0 Å². The molecule has 0 saturated heterocycles. The van der Waals surface area contributed by atoms with Gasteiger partial charge in [-0.1, -0.05) is 152 Å². The number of Topliss-reactive ketones (excluding diaryl/α,β-unsaturated/α-hetero) is 6. The van der Waals surface area contributed by atoms with Gasteiger partial charge < -0.3 is 75.9 Å². The summed E-state index contributed by atoms with van der Waals surface area (Å²) in [6.07, 6.45) is -2.72. The zero-order chi connectivity index (χ0) is 85.7. The molecule has 14 atom stereocenters. The molecule has 32 nitrogen and oxygen atoms in total. The number of hydrogen-bond acceptors (Lipinski definition) is 21. The summed E-state index contributed by atoms with van der Waals surface area (Å²) in [5.74, 6) is -16.4. The molecule has 0 heterocycles. The fraction of sp³-hybridized carbons (Fsp3) is 0.590. The monoisotopic (exact) mass is 1610 g/mol. The average Bonchev–Trinajstić information content (AvgIpc) is 0.842. The summed E-state index contributed by atoms with van der Waals surface area (Å²) in [4.78, 5) is 219. The van der Waals surface area contributed by atoms with E-state index in [0.29, 0.717) is 48.8 Å². The number of primary amides is 1. The van der Waals surface area contributed by atoms with Gasteiger partial charge in [-0.3, -0.25) is 81.7 Å². The molecule has 21 N–H and O–H groups in total. The van der Waals surface area contributed by atoms with Gasteiger partial charge in [0.1, 0.15) is 12.6 Å². The maximum absolute atomic E-state index is 14.8. The third-order valence-corrected chi connectivity index (χ3v) is 20.7. The van der Waals surface area contributed by atoms with Crippen LogP contribution in [0.1, 0.15) is 187 Å². The molecule has 636 valence electrons. The Morgan fingerprint density at radius 3 is 1.31 bits per heavy atom. The molecule has 0 radical (unpaired) electrons. The van der Waals surface area contributed by atoms with Gasteiger partial charge in [-0.2, -0.15) is 0 Å². The predicted molar refractivity (Wildman–Crippen MR) is 430 cm³/mol. The van der Waals surface area contributed by atoms with Gasteiger partial charge in [-0.25, -0.2) is 5.90 Å². The second-order valence-electron chi connectivity index (χ2n) is 30.4. The molecule has 0 saturated carbocycles. The van der Waals surface area contributed by atoms with Crippen LogP contribution in [0.4, 0.5) is 0 Å². The van der Waals surface area contributed by atoms with E-state index in [9.17, 15) is 87.2 Å². The van der Waals surface area contributed by atoms with Crippen LogP contribution in [-0.2, 0) is 96.0 Å². The van der Waals surface area contributed by atoms with Gasteiger partial charge in [0.2, 0.25) is 41.4 Å². The maximum atomic E-state index is 14.8. The summed E-state index contributed by atoms with van der Waals surface area (Å²) in [6.45, 7) is 9.37. The van der Waals surface area contributed by atoms with Crippen LogP contribution >= 0.6 is 0 Å². The minimum Gasteiger partial charge on any atom is -0.481 e. The van der Waals surface area contributed by atoms with E-state index in [4.69, 9.17) is 34.6 Å². The zero-order valence-electron chi connectivity index (χ0n) is 67.4. The van der Waals surface area contributed by atoms with Crippen molar-refractivity contribution in [2.45, 2.75) is 225 Å². The number of amides is 7. The number of unbranched alkanes of at least 4 members (excludes halogenated alkanes) is 2. The summed E-state index contributed by atoms with van der Waals surface area (Å²) in [5, 5.41) is 46.8. The number of ketones is 6. The Labute approximate surface area is 673 Å². The van der Waals surface area contributed by atoms with Gasteiger partial charge in [0.25, 0.3) is 0 Å². The Bertz CT molecular complexity index is 3660. The summed E-state index contributed by atoms with van der Waals surface area (Å²) >= 11 is 0. The molecule has 3 rings (SSSR count). The lowest BCUT2D eigenvalue weighted by Gasteiger charge is -2.30. The van der Waals surface area contributed by atoms with Crippen molar-refractivity contribution in [1.82, 2.24) is 31.9 Å². The van der Waals surface area contributed by atoms with Crippen LogP contribution in [0, 0.1) is 53.3 Å². The minimum atomic E-state index is -1.65. The standard InChI is InChI=1S/C83H125N13O19/c1-7-51(5)61(47-71(102)66(48-97)95-77(108)56(29-18-20-34-84)41-67(98)63(31-22-36-90-83(87)88)93-79(110)58(38-53-23-12-9-13-24-53)43-70(101)64(91-74(105)49-115-89)39-54-25-14-10-15-26-54)81(112)96-76(52(6)8-2)72(103)44-59(46-73(86)104)80(111)94-65(40-55-27-16-11-17-28-55)69(100)42-57(32-33-75(106)107)78(109)92-62(30-19-21-35-85)68(99)45-60(82(113)114)37-50(3)4/h9-17,23-28,50-52,56-66,76,97H,7-8,18-22,29-49,84-85,89H2,1-6H3,(H2,86,104)(H,91,105)(H,92,109)(H,93,110)(H,94,111)(H,95,108)(H,96,112)(H,106,107)(H,113,114)(H4,87,88,90). The maximum Gasteiger partial charge on any atom is 0.306 e. The van der Waals surface area contributed by atoms with E-state index < -0.39 is 243 Å². The van der Waals surface area contributed by atoms with Crippen molar-refractivity contribution in [3.05, 3.63) is 108 Å². The molecule has 3 aromatic rings. The molecule has 0 aliphatic heterocycles. The first-order valence-corrected chi connectivity index (χ1v) is 39.9. The van der Waals surface area contributed by atoms with E-state index in [1.807, 2.05) is 0 Å². The van der Waals surface area contributed by atoms with Gasteiger partial charge in [0.15, 0.2) is 40.7 Å². The molecular formula is C83H125N13O19. The lowest BCUT2D eigenvalue weighted by Crippen LogP contribution is -2.52. The normalized spacial score (nSPS) is 14.9. The molecule has 0 spiro atoms. The number of carboxylic acid groups (broad SMARTS) is 2. The molecule has 0 aromatic heterocycles. The fourth-order valence-electron chi connectivity index (χ4n) is 13.6. The van der Waals surface area contributed by atoms with Crippen molar-refractivity contribution >= 4 is 93.9 Å². The number of aliphatic hydroxyl groups excluding tert-OH is 1. The van der Waals surface area contributed by atoms with Gasteiger partial charge in [-0.05, 0) is 125 Å². The predicted octanol–water partition coefficient (Wildman–Crippen LogP) is 3.23. The number of aliphatic hydroxyl groups is 1. The first-order chi connectivity index (χ1) is 54.7. The van der Waals surface area contributed by atoms with Gasteiger partial charge >= 0.3 is 11.9 Å². The summed E-state index contributed by atoms with van der Waals surface area (Å²) in [6, 6.07) is 17.8. The Morgan fingerprint density at radius 1 is 0.435 bits per heavy atom. The molecule has 115 heavy (non-hydrogen) atoms. The van der Waals surface area contributed by atoms with Gasteiger partial charge in [0, 0.05) is 81.6 Å². The summed E-state index contributed by atoms with van der Waals surface area (Å²) in [7, 11) is 0. The van der Waals surface area contributed by atoms with Crippen molar-refractivity contribution in [3.8, 4) is 0 Å². The van der Waals surface area contributed by atoms with Crippen LogP contribution in [0.2, 0.25) is 0 Å². The second kappa shape index (κ2) is 53.9. The number of nitrogens with two attached hydrogens (primary N) is 6. The average molecular weight is 1610 g/mol. The highest BCUT2D eigenvalue weighted by atomic mass is 16.6. The number of rotatable bonds is 62. The second-order valence-corrected chi connectivity index (χ2v) is 30.4.